The summed E-state index contributed by atoms with van der Waals surface area (Å²) in [6.45, 7) is 1.45. The van der Waals surface area contributed by atoms with Gasteiger partial charge in [0, 0.05) is 10.2 Å². The van der Waals surface area contributed by atoms with Crippen LogP contribution in [0, 0.1) is 11.8 Å². The Bertz CT molecular complexity index is 453. The summed E-state index contributed by atoms with van der Waals surface area (Å²) in [5.74, 6) is 0.951. The molecular weight excluding hydrogens is 320 g/mol. The highest BCUT2D eigenvalue weighted by Gasteiger charge is 2.26. The first-order chi connectivity index (χ1) is 9.69. The van der Waals surface area contributed by atoms with E-state index in [0.717, 1.165) is 23.1 Å². The van der Waals surface area contributed by atoms with Gasteiger partial charge >= 0.3 is 0 Å². The predicted octanol–water partition coefficient (Wildman–Crippen LogP) is 2.78. The molecule has 1 aromatic carbocycles. The van der Waals surface area contributed by atoms with E-state index in [4.69, 9.17) is 10.5 Å². The van der Waals surface area contributed by atoms with Crippen LogP contribution in [0.25, 0.3) is 0 Å². The lowest BCUT2D eigenvalue weighted by atomic mass is 9.97. The number of anilines is 1. The van der Waals surface area contributed by atoms with E-state index >= 15 is 0 Å². The normalized spacial score (nSPS) is 21.9. The number of hydrogen-bond donors (Lipinski definition) is 2. The summed E-state index contributed by atoms with van der Waals surface area (Å²) in [6, 6.07) is 7.51. The third kappa shape index (κ3) is 4.58. The number of benzene rings is 1. The van der Waals surface area contributed by atoms with E-state index in [0.29, 0.717) is 18.4 Å². The van der Waals surface area contributed by atoms with Crippen LogP contribution in [0.2, 0.25) is 0 Å². The predicted molar refractivity (Wildman–Crippen MR) is 83.5 cm³/mol. The van der Waals surface area contributed by atoms with Gasteiger partial charge in [0.25, 0.3) is 0 Å². The molecule has 0 saturated heterocycles. The second-order valence-electron chi connectivity index (χ2n) is 5.26. The number of carbonyl (C=O) groups is 1. The Morgan fingerprint density at radius 3 is 2.95 bits per heavy atom. The highest BCUT2D eigenvalue weighted by molar-refractivity contribution is 9.10. The number of ether oxygens (including phenoxy) is 1. The summed E-state index contributed by atoms with van der Waals surface area (Å²) in [5, 5.41) is 2.81. The summed E-state index contributed by atoms with van der Waals surface area (Å²) in [7, 11) is 0. The minimum absolute atomic E-state index is 0.0975. The quantitative estimate of drug-likeness (QED) is 0.836. The highest BCUT2D eigenvalue weighted by atomic mass is 79.9. The first-order valence-electron chi connectivity index (χ1n) is 7.02. The lowest BCUT2D eigenvalue weighted by Crippen LogP contribution is -2.25. The van der Waals surface area contributed by atoms with Crippen LogP contribution in [-0.2, 0) is 9.53 Å². The average Bonchev–Trinajstić information content (AvgIpc) is 2.86. The van der Waals surface area contributed by atoms with Gasteiger partial charge in [-0.3, -0.25) is 4.79 Å². The van der Waals surface area contributed by atoms with E-state index in [1.54, 1.807) is 0 Å². The van der Waals surface area contributed by atoms with Crippen molar-refractivity contribution in [2.45, 2.75) is 19.3 Å². The molecule has 110 valence electrons. The van der Waals surface area contributed by atoms with Crippen LogP contribution in [0.5, 0.6) is 0 Å². The van der Waals surface area contributed by atoms with Crippen LogP contribution in [0.15, 0.2) is 28.7 Å². The highest BCUT2D eigenvalue weighted by Crippen LogP contribution is 2.30. The van der Waals surface area contributed by atoms with Crippen LogP contribution in [0.3, 0.4) is 0 Å². The minimum Gasteiger partial charge on any atom is -0.371 e. The Hall–Kier alpha value is -0.910. The fraction of sp³-hybridized carbons (Fsp3) is 0.533. The monoisotopic (exact) mass is 340 g/mol. The van der Waals surface area contributed by atoms with Crippen molar-refractivity contribution in [1.29, 1.82) is 0 Å². The number of nitrogens with two attached hydrogens (primary N) is 1. The summed E-state index contributed by atoms with van der Waals surface area (Å²) in [5.41, 5.74) is 6.50. The molecule has 4 nitrogen and oxygen atoms in total. The number of carbonyl (C=O) groups excluding carboxylic acids is 1. The van der Waals surface area contributed by atoms with Crippen LogP contribution in [0.1, 0.15) is 19.3 Å². The van der Waals surface area contributed by atoms with Gasteiger partial charge < -0.3 is 15.8 Å². The molecule has 1 fully saturated rings. The van der Waals surface area contributed by atoms with E-state index in [1.807, 2.05) is 24.3 Å². The Balaban J connectivity index is 1.70. The van der Waals surface area contributed by atoms with Gasteiger partial charge in [0.05, 0.1) is 6.61 Å². The van der Waals surface area contributed by atoms with Gasteiger partial charge in [-0.1, -0.05) is 28.4 Å². The van der Waals surface area contributed by atoms with E-state index in [9.17, 15) is 4.79 Å². The van der Waals surface area contributed by atoms with Crippen molar-refractivity contribution in [3.63, 3.8) is 0 Å². The molecule has 0 aromatic heterocycles. The molecule has 0 bridgehead atoms. The second-order valence-corrected chi connectivity index (χ2v) is 6.18. The maximum absolute atomic E-state index is 11.8. The van der Waals surface area contributed by atoms with Crippen molar-refractivity contribution in [3.8, 4) is 0 Å². The summed E-state index contributed by atoms with van der Waals surface area (Å²) in [6.07, 6.45) is 3.57. The Morgan fingerprint density at radius 2 is 2.20 bits per heavy atom. The molecule has 1 aliphatic rings. The van der Waals surface area contributed by atoms with Gasteiger partial charge in [-0.25, -0.2) is 0 Å². The zero-order valence-electron chi connectivity index (χ0n) is 11.5. The molecule has 1 saturated carbocycles. The number of rotatable bonds is 6. The van der Waals surface area contributed by atoms with E-state index in [1.165, 1.54) is 12.8 Å². The van der Waals surface area contributed by atoms with Gasteiger partial charge in [-0.15, -0.1) is 0 Å². The molecule has 2 atom stereocenters. The molecule has 2 unspecified atom stereocenters. The molecule has 3 N–H and O–H groups in total. The number of hydrogen-bond acceptors (Lipinski definition) is 3. The molecule has 0 radical (unpaired) electrons. The molecular formula is C15H21BrN2O2. The zero-order valence-corrected chi connectivity index (χ0v) is 13.1. The topological polar surface area (TPSA) is 64.3 Å². The Labute approximate surface area is 128 Å². The first-order valence-corrected chi connectivity index (χ1v) is 7.81. The first kappa shape index (κ1) is 15.5. The van der Waals surface area contributed by atoms with Crippen LogP contribution in [0.4, 0.5) is 5.69 Å². The molecule has 1 aliphatic carbocycles. The Kier molecular flexibility index (Phi) is 6.01. The summed E-state index contributed by atoms with van der Waals surface area (Å²) < 4.78 is 6.47. The van der Waals surface area contributed by atoms with Crippen molar-refractivity contribution in [3.05, 3.63) is 28.7 Å². The maximum Gasteiger partial charge on any atom is 0.250 e. The van der Waals surface area contributed by atoms with Gasteiger partial charge in [0.15, 0.2) is 0 Å². The van der Waals surface area contributed by atoms with Gasteiger partial charge in [-0.2, -0.15) is 0 Å². The van der Waals surface area contributed by atoms with Crippen molar-refractivity contribution in [2.24, 2.45) is 17.6 Å². The second kappa shape index (κ2) is 7.76. The fourth-order valence-electron chi connectivity index (χ4n) is 2.71. The van der Waals surface area contributed by atoms with E-state index in [-0.39, 0.29) is 12.5 Å². The third-order valence-electron chi connectivity index (χ3n) is 3.79. The van der Waals surface area contributed by atoms with E-state index < -0.39 is 0 Å². The van der Waals surface area contributed by atoms with Crippen LogP contribution >= 0.6 is 15.9 Å². The number of nitrogens with one attached hydrogen (secondary N) is 1. The smallest absolute Gasteiger partial charge is 0.250 e. The standard InChI is InChI=1S/C15H21BrN2O2/c16-13-5-2-6-14(7-13)18-15(19)10-20-9-12-4-1-3-11(12)8-17/h2,5-7,11-12H,1,3-4,8-10,17H2,(H,18,19). The summed E-state index contributed by atoms with van der Waals surface area (Å²) in [4.78, 5) is 11.8. The number of amides is 1. The minimum atomic E-state index is -0.120. The SMILES string of the molecule is NCC1CCCC1COCC(=O)Nc1cccc(Br)c1. The van der Waals surface area contributed by atoms with E-state index in [2.05, 4.69) is 21.2 Å². The maximum atomic E-state index is 11.8. The molecule has 5 heteroatoms. The van der Waals surface area contributed by atoms with Crippen molar-refractivity contribution in [1.82, 2.24) is 0 Å². The molecule has 0 heterocycles. The lowest BCUT2D eigenvalue weighted by Gasteiger charge is -2.17. The summed E-state index contributed by atoms with van der Waals surface area (Å²) >= 11 is 3.37. The van der Waals surface area contributed by atoms with Crippen LogP contribution < -0.4 is 11.1 Å². The fourth-order valence-corrected chi connectivity index (χ4v) is 3.11. The average molecular weight is 341 g/mol. The van der Waals surface area contributed by atoms with Crippen molar-refractivity contribution < 1.29 is 9.53 Å². The number of halogens is 1. The Morgan fingerprint density at radius 1 is 1.40 bits per heavy atom. The molecule has 1 amide bonds. The van der Waals surface area contributed by atoms with Crippen LogP contribution in [-0.4, -0.2) is 25.7 Å². The third-order valence-corrected chi connectivity index (χ3v) is 4.29. The molecule has 1 aromatic rings. The van der Waals surface area contributed by atoms with Crippen molar-refractivity contribution in [2.75, 3.05) is 25.1 Å². The zero-order chi connectivity index (χ0) is 14.4. The molecule has 2 rings (SSSR count). The molecule has 20 heavy (non-hydrogen) atoms. The molecule has 0 aliphatic heterocycles. The van der Waals surface area contributed by atoms with Gasteiger partial charge in [0.2, 0.25) is 5.91 Å². The lowest BCUT2D eigenvalue weighted by molar-refractivity contribution is -0.121. The van der Waals surface area contributed by atoms with Gasteiger partial charge in [-0.05, 0) is 49.4 Å². The largest absolute Gasteiger partial charge is 0.371 e. The van der Waals surface area contributed by atoms with Gasteiger partial charge in [0.1, 0.15) is 6.61 Å². The van der Waals surface area contributed by atoms with Crippen molar-refractivity contribution >= 4 is 27.5 Å². The molecule has 0 spiro atoms.